The van der Waals surface area contributed by atoms with E-state index in [1.807, 2.05) is 0 Å². The second-order valence-electron chi connectivity index (χ2n) is 7.57. The van der Waals surface area contributed by atoms with Crippen molar-refractivity contribution in [3.8, 4) is 0 Å². The van der Waals surface area contributed by atoms with Gasteiger partial charge in [0.25, 0.3) is 0 Å². The van der Waals surface area contributed by atoms with E-state index in [0.29, 0.717) is 29.0 Å². The molecule has 0 amide bonds. The highest BCUT2D eigenvalue weighted by atomic mass is 19.1. The lowest BCUT2D eigenvalue weighted by Gasteiger charge is -2.25. The number of nitrogens with one attached hydrogen (secondary N) is 1. The Labute approximate surface area is 147 Å². The highest BCUT2D eigenvalue weighted by molar-refractivity contribution is 5.84. The third-order valence-electron chi connectivity index (χ3n) is 5.82. The zero-order valence-electron chi connectivity index (χ0n) is 14.6. The van der Waals surface area contributed by atoms with Gasteiger partial charge in [-0.15, -0.1) is 0 Å². The van der Waals surface area contributed by atoms with E-state index in [9.17, 15) is 9.18 Å². The van der Waals surface area contributed by atoms with Crippen LogP contribution in [0.15, 0.2) is 23.0 Å². The summed E-state index contributed by atoms with van der Waals surface area (Å²) < 4.78 is 16.7. The lowest BCUT2D eigenvalue weighted by Crippen LogP contribution is -2.23. The lowest BCUT2D eigenvalue weighted by molar-refractivity contribution is 0.460. The zero-order valence-corrected chi connectivity index (χ0v) is 14.6. The van der Waals surface area contributed by atoms with Crippen molar-refractivity contribution < 1.29 is 4.39 Å². The Kier molecular flexibility index (Phi) is 4.40. The molecule has 0 saturated heterocycles. The summed E-state index contributed by atoms with van der Waals surface area (Å²) >= 11 is 0. The van der Waals surface area contributed by atoms with E-state index in [-0.39, 0.29) is 11.2 Å². The van der Waals surface area contributed by atoms with Crippen molar-refractivity contribution in [1.29, 1.82) is 0 Å². The van der Waals surface area contributed by atoms with Crippen LogP contribution in [0.4, 0.5) is 15.9 Å². The highest BCUT2D eigenvalue weighted by Crippen LogP contribution is 2.35. The van der Waals surface area contributed by atoms with Crippen molar-refractivity contribution in [1.82, 2.24) is 4.57 Å². The third-order valence-corrected chi connectivity index (χ3v) is 5.82. The second kappa shape index (κ2) is 6.70. The molecule has 0 bridgehead atoms. The molecule has 3 N–H and O–H groups in total. The van der Waals surface area contributed by atoms with Crippen LogP contribution in [-0.4, -0.2) is 10.6 Å². The second-order valence-corrected chi connectivity index (χ2v) is 7.57. The Morgan fingerprint density at radius 3 is 2.40 bits per heavy atom. The molecule has 0 atom stereocenters. The fourth-order valence-corrected chi connectivity index (χ4v) is 4.53. The van der Waals surface area contributed by atoms with Crippen molar-refractivity contribution in [2.75, 3.05) is 11.1 Å². The van der Waals surface area contributed by atoms with Gasteiger partial charge in [0.05, 0.1) is 11.2 Å². The molecule has 4 rings (SSSR count). The first-order chi connectivity index (χ1) is 12.1. The average Bonchev–Trinajstić information content (AvgIpc) is 3.12. The number of rotatable bonds is 3. The maximum Gasteiger partial charge on any atom is 0.191 e. The fraction of sp³-hybridized carbons (Fsp3) is 0.550. The van der Waals surface area contributed by atoms with Crippen molar-refractivity contribution in [3.63, 3.8) is 0 Å². The van der Waals surface area contributed by atoms with Gasteiger partial charge in [-0.05, 0) is 37.8 Å². The summed E-state index contributed by atoms with van der Waals surface area (Å²) in [6.45, 7) is 0. The Morgan fingerprint density at radius 2 is 1.68 bits per heavy atom. The number of pyridine rings is 1. The minimum absolute atomic E-state index is 0.204. The third kappa shape index (κ3) is 3.12. The van der Waals surface area contributed by atoms with Gasteiger partial charge in [-0.1, -0.05) is 32.1 Å². The Hall–Kier alpha value is -2.04. The van der Waals surface area contributed by atoms with E-state index in [1.165, 1.54) is 44.2 Å². The van der Waals surface area contributed by atoms with Gasteiger partial charge in [0.1, 0.15) is 11.6 Å². The number of nitrogens with two attached hydrogens (primary N) is 1. The largest absolute Gasteiger partial charge is 0.385 e. The van der Waals surface area contributed by atoms with Crippen molar-refractivity contribution in [2.45, 2.75) is 69.9 Å². The van der Waals surface area contributed by atoms with Crippen LogP contribution in [0.1, 0.15) is 63.8 Å². The van der Waals surface area contributed by atoms with Gasteiger partial charge in [0, 0.05) is 23.5 Å². The van der Waals surface area contributed by atoms with Crippen LogP contribution in [0.3, 0.4) is 0 Å². The number of benzene rings is 1. The van der Waals surface area contributed by atoms with E-state index >= 15 is 0 Å². The monoisotopic (exact) mass is 343 g/mol. The summed E-state index contributed by atoms with van der Waals surface area (Å²) in [6.07, 6.45) is 10.2. The van der Waals surface area contributed by atoms with Crippen LogP contribution < -0.4 is 16.5 Å². The van der Waals surface area contributed by atoms with Crippen LogP contribution in [0.25, 0.3) is 10.9 Å². The normalized spacial score (nSPS) is 19.6. The molecule has 2 aliphatic rings. The van der Waals surface area contributed by atoms with Crippen LogP contribution in [0.2, 0.25) is 0 Å². The minimum atomic E-state index is -0.349. The number of aromatic nitrogens is 1. The molecule has 0 spiro atoms. The van der Waals surface area contributed by atoms with Crippen molar-refractivity contribution in [2.24, 2.45) is 0 Å². The lowest BCUT2D eigenvalue weighted by atomic mass is 9.95. The van der Waals surface area contributed by atoms with Gasteiger partial charge in [0.15, 0.2) is 5.43 Å². The number of nitrogens with zero attached hydrogens (tertiary/aromatic N) is 1. The van der Waals surface area contributed by atoms with Gasteiger partial charge in [-0.3, -0.25) is 4.79 Å². The molecule has 2 aliphatic carbocycles. The molecule has 2 saturated carbocycles. The topological polar surface area (TPSA) is 60.1 Å². The molecule has 0 unspecified atom stereocenters. The number of hydrogen-bond donors (Lipinski definition) is 2. The van der Waals surface area contributed by atoms with Crippen molar-refractivity contribution in [3.05, 3.63) is 34.2 Å². The predicted molar refractivity (Wildman–Crippen MR) is 101 cm³/mol. The quantitative estimate of drug-likeness (QED) is 0.857. The Morgan fingerprint density at radius 1 is 1.00 bits per heavy atom. The van der Waals surface area contributed by atoms with E-state index in [4.69, 9.17) is 5.73 Å². The molecular formula is C20H26FN3O. The van der Waals surface area contributed by atoms with Gasteiger partial charge in [-0.2, -0.15) is 0 Å². The van der Waals surface area contributed by atoms with Crippen LogP contribution >= 0.6 is 0 Å². The highest BCUT2D eigenvalue weighted by Gasteiger charge is 2.22. The molecule has 1 aromatic carbocycles. The zero-order chi connectivity index (χ0) is 17.4. The molecule has 1 aromatic heterocycles. The summed E-state index contributed by atoms with van der Waals surface area (Å²) in [7, 11) is 0. The van der Waals surface area contributed by atoms with Gasteiger partial charge in [0.2, 0.25) is 0 Å². The molecule has 5 heteroatoms. The Bertz CT molecular complexity index is 833. The Balaban J connectivity index is 1.81. The molecule has 0 radical (unpaired) electrons. The predicted octanol–water partition coefficient (Wildman–Crippen LogP) is 4.58. The first-order valence-electron chi connectivity index (χ1n) is 9.54. The smallest absolute Gasteiger partial charge is 0.191 e. The van der Waals surface area contributed by atoms with Crippen LogP contribution in [-0.2, 0) is 0 Å². The molecule has 1 heterocycles. The van der Waals surface area contributed by atoms with E-state index in [0.717, 1.165) is 31.2 Å². The summed E-state index contributed by atoms with van der Waals surface area (Å²) in [5.41, 5.74) is 7.24. The first kappa shape index (κ1) is 16.4. The number of halogens is 1. The number of nitrogen functional groups attached to an aromatic ring is 1. The maximum absolute atomic E-state index is 14.6. The molecule has 0 aliphatic heterocycles. The minimum Gasteiger partial charge on any atom is -0.385 e. The van der Waals surface area contributed by atoms with E-state index in [2.05, 4.69) is 9.88 Å². The SMILES string of the molecule is Nc1cc(=O)c2cc(F)c(NC3CCCCC3)cc2n1C1CCCC1. The molecule has 4 nitrogen and oxygen atoms in total. The standard InChI is InChI=1S/C20H26FN3O/c21-16-10-15-18(11-17(16)23-13-6-2-1-3-7-13)24(14-8-4-5-9-14)20(22)12-19(15)25/h10-14,23H,1-9,22H2. The summed E-state index contributed by atoms with van der Waals surface area (Å²) in [5.74, 6) is 0.137. The van der Waals surface area contributed by atoms with Gasteiger partial charge >= 0.3 is 0 Å². The summed E-state index contributed by atoms with van der Waals surface area (Å²) in [6, 6.07) is 5.24. The number of anilines is 2. The molecule has 2 aromatic rings. The fourth-order valence-electron chi connectivity index (χ4n) is 4.53. The number of hydrogen-bond acceptors (Lipinski definition) is 3. The van der Waals surface area contributed by atoms with E-state index < -0.39 is 0 Å². The molecule has 25 heavy (non-hydrogen) atoms. The summed E-state index contributed by atoms with van der Waals surface area (Å²) in [4.78, 5) is 12.3. The maximum atomic E-state index is 14.6. The van der Waals surface area contributed by atoms with Gasteiger partial charge < -0.3 is 15.6 Å². The average molecular weight is 343 g/mol. The first-order valence-corrected chi connectivity index (χ1v) is 9.54. The van der Waals surface area contributed by atoms with Crippen LogP contribution in [0.5, 0.6) is 0 Å². The van der Waals surface area contributed by atoms with E-state index in [1.54, 1.807) is 6.07 Å². The molecule has 134 valence electrons. The van der Waals surface area contributed by atoms with Crippen LogP contribution in [0, 0.1) is 5.82 Å². The number of fused-ring (bicyclic) bond motifs is 1. The molecule has 2 fully saturated rings. The summed E-state index contributed by atoms with van der Waals surface area (Å²) in [5, 5.41) is 3.79. The van der Waals surface area contributed by atoms with Gasteiger partial charge in [-0.25, -0.2) is 4.39 Å². The molecular weight excluding hydrogens is 317 g/mol. The van der Waals surface area contributed by atoms with Crippen molar-refractivity contribution >= 4 is 22.4 Å².